The lowest BCUT2D eigenvalue weighted by molar-refractivity contribution is -0.144. The van der Waals surface area contributed by atoms with E-state index in [0.717, 1.165) is 5.56 Å². The molecule has 1 rings (SSSR count). The fraction of sp³-hybridized carbons (Fsp3) is 0.630. The van der Waals surface area contributed by atoms with Crippen molar-refractivity contribution in [3.63, 3.8) is 0 Å². The van der Waals surface area contributed by atoms with E-state index in [1.165, 1.54) is 0 Å². The number of hydrogen-bond acceptors (Lipinski definition) is 8. The van der Waals surface area contributed by atoms with Crippen LogP contribution < -0.4 is 21.7 Å². The average Bonchev–Trinajstić information content (AvgIpc) is 2.86. The van der Waals surface area contributed by atoms with Crippen LogP contribution in [0.25, 0.3) is 0 Å². The molecule has 0 aliphatic heterocycles. The van der Waals surface area contributed by atoms with E-state index in [9.17, 15) is 19.2 Å². The third-order valence-corrected chi connectivity index (χ3v) is 5.23. The van der Waals surface area contributed by atoms with Crippen molar-refractivity contribution in [1.29, 1.82) is 0 Å². The summed E-state index contributed by atoms with van der Waals surface area (Å²) in [4.78, 5) is 48.8. The predicted octanol–water partition coefficient (Wildman–Crippen LogP) is 2.03. The van der Waals surface area contributed by atoms with Gasteiger partial charge in [0.1, 0.15) is 25.9 Å². The van der Waals surface area contributed by atoms with Gasteiger partial charge in [-0.1, -0.05) is 19.1 Å². The van der Waals surface area contributed by atoms with Crippen molar-refractivity contribution in [1.82, 2.24) is 10.6 Å². The minimum atomic E-state index is -0.802. The minimum Gasteiger partial charge on any atom is -0.461 e. The maximum Gasteiger partial charge on any atom is 0.305 e. The second-order valence-corrected chi connectivity index (χ2v) is 9.89. The molecular formula is C27H44N4O7. The van der Waals surface area contributed by atoms with E-state index in [1.54, 1.807) is 31.2 Å². The zero-order chi connectivity index (χ0) is 28.6. The monoisotopic (exact) mass is 536 g/mol. The quantitative estimate of drug-likeness (QED) is 0.164. The first-order valence-corrected chi connectivity index (χ1v) is 13.0. The van der Waals surface area contributed by atoms with Crippen molar-refractivity contribution >= 4 is 29.4 Å². The molecule has 0 radical (unpaired) electrons. The number of nitrogens with one attached hydrogen (secondary N) is 3. The largest absolute Gasteiger partial charge is 0.461 e. The maximum absolute atomic E-state index is 12.9. The van der Waals surface area contributed by atoms with Crippen molar-refractivity contribution in [3.8, 4) is 0 Å². The third kappa shape index (κ3) is 14.7. The van der Waals surface area contributed by atoms with Gasteiger partial charge in [-0.2, -0.15) is 0 Å². The molecule has 0 unspecified atom stereocenters. The van der Waals surface area contributed by atoms with Crippen LogP contribution in [0.15, 0.2) is 24.3 Å². The van der Waals surface area contributed by atoms with Crippen molar-refractivity contribution in [2.75, 3.05) is 31.7 Å². The number of carbonyl (C=O) groups excluding carboxylic acids is 4. The van der Waals surface area contributed by atoms with E-state index < -0.39 is 17.5 Å². The Morgan fingerprint density at radius 3 is 2.26 bits per heavy atom. The fourth-order valence-electron chi connectivity index (χ4n) is 3.24. The van der Waals surface area contributed by atoms with Crippen molar-refractivity contribution in [2.45, 2.75) is 84.6 Å². The van der Waals surface area contributed by atoms with Gasteiger partial charge in [-0.15, -0.1) is 0 Å². The summed E-state index contributed by atoms with van der Waals surface area (Å²) in [7, 11) is 0. The second-order valence-electron chi connectivity index (χ2n) is 9.89. The molecule has 1 atom stereocenters. The lowest BCUT2D eigenvalue weighted by atomic mass is 10.1. The number of esters is 1. The summed E-state index contributed by atoms with van der Waals surface area (Å²) in [6, 6.07) is 6.08. The van der Waals surface area contributed by atoms with Crippen molar-refractivity contribution in [2.24, 2.45) is 5.73 Å². The van der Waals surface area contributed by atoms with Gasteiger partial charge in [0.05, 0.1) is 18.2 Å². The number of ether oxygens (including phenoxy) is 3. The zero-order valence-electron chi connectivity index (χ0n) is 23.3. The number of anilines is 1. The van der Waals surface area contributed by atoms with Crippen LogP contribution in [-0.2, 0) is 40.0 Å². The Hall–Kier alpha value is -3.02. The van der Waals surface area contributed by atoms with Crippen LogP contribution in [-0.4, -0.2) is 67.7 Å². The number of carbonyl (C=O) groups is 4. The Morgan fingerprint density at radius 1 is 1.00 bits per heavy atom. The molecule has 0 heterocycles. The molecule has 0 aromatic heterocycles. The molecule has 5 N–H and O–H groups in total. The molecule has 0 saturated carbocycles. The van der Waals surface area contributed by atoms with Crippen molar-refractivity contribution < 1.29 is 33.4 Å². The molecule has 38 heavy (non-hydrogen) atoms. The first-order chi connectivity index (χ1) is 18.0. The van der Waals surface area contributed by atoms with Gasteiger partial charge in [-0.25, -0.2) is 0 Å². The van der Waals surface area contributed by atoms with Crippen LogP contribution in [0.5, 0.6) is 0 Å². The van der Waals surface area contributed by atoms with Gasteiger partial charge in [0, 0.05) is 12.1 Å². The molecule has 0 aliphatic rings. The first-order valence-electron chi connectivity index (χ1n) is 13.0. The molecular weight excluding hydrogens is 492 g/mol. The summed E-state index contributed by atoms with van der Waals surface area (Å²) in [5.41, 5.74) is 6.31. The second kappa shape index (κ2) is 17.5. The highest BCUT2D eigenvalue weighted by molar-refractivity contribution is 5.97. The van der Waals surface area contributed by atoms with E-state index in [-0.39, 0.29) is 43.7 Å². The Bertz CT molecular complexity index is 888. The van der Waals surface area contributed by atoms with Crippen LogP contribution >= 0.6 is 0 Å². The molecule has 11 heteroatoms. The molecule has 0 bridgehead atoms. The molecule has 0 fully saturated rings. The molecule has 0 saturated heterocycles. The summed E-state index contributed by atoms with van der Waals surface area (Å²) in [5.74, 6) is -1.56. The highest BCUT2D eigenvalue weighted by atomic mass is 16.5. The Labute approximate surface area is 225 Å². The average molecular weight is 537 g/mol. The highest BCUT2D eigenvalue weighted by Gasteiger charge is 2.23. The zero-order valence-corrected chi connectivity index (χ0v) is 23.3. The van der Waals surface area contributed by atoms with Crippen LogP contribution in [0.3, 0.4) is 0 Å². The molecule has 1 aromatic carbocycles. The van der Waals surface area contributed by atoms with E-state index in [4.69, 9.17) is 19.9 Å². The Balaban J connectivity index is 2.58. The van der Waals surface area contributed by atoms with Crippen LogP contribution in [0.1, 0.15) is 65.9 Å². The summed E-state index contributed by atoms with van der Waals surface area (Å²) >= 11 is 0. The molecule has 0 spiro atoms. The van der Waals surface area contributed by atoms with Crippen LogP contribution in [0.4, 0.5) is 5.69 Å². The standard InChI is InChI=1S/C27H44N4O7/c1-6-25(34)37-15-20-10-12-21(13-11-20)29-26(35)22(9-7-8-14-28)30-23(32)16-36-17-24(33)31-27(4,5)18-38-19(2)3/h10-13,19,22H,6-9,14-18,28H2,1-5H3,(H,29,35)(H,30,32)(H,31,33)/t22-/m0/s1. The van der Waals surface area contributed by atoms with Gasteiger partial charge in [0.2, 0.25) is 17.7 Å². The molecule has 1 aromatic rings. The van der Waals surface area contributed by atoms with Gasteiger partial charge in [-0.05, 0) is 71.2 Å². The maximum atomic E-state index is 12.9. The highest BCUT2D eigenvalue weighted by Crippen LogP contribution is 2.12. The normalized spacial score (nSPS) is 12.1. The van der Waals surface area contributed by atoms with Crippen molar-refractivity contribution in [3.05, 3.63) is 29.8 Å². The minimum absolute atomic E-state index is 0.0394. The number of amides is 3. The number of unbranched alkanes of at least 4 members (excludes halogenated alkanes) is 1. The van der Waals surface area contributed by atoms with E-state index in [0.29, 0.717) is 44.5 Å². The third-order valence-electron chi connectivity index (χ3n) is 5.23. The SMILES string of the molecule is CCC(=O)OCc1ccc(NC(=O)[C@H](CCCCN)NC(=O)COCC(=O)NC(C)(C)COC(C)C)cc1. The molecule has 3 amide bonds. The number of benzene rings is 1. The van der Waals surface area contributed by atoms with Gasteiger partial charge < -0.3 is 35.9 Å². The van der Waals surface area contributed by atoms with E-state index in [1.807, 2.05) is 27.7 Å². The molecule has 11 nitrogen and oxygen atoms in total. The summed E-state index contributed by atoms with van der Waals surface area (Å²) in [5, 5.41) is 8.27. The predicted molar refractivity (Wildman–Crippen MR) is 144 cm³/mol. The molecule has 0 aliphatic carbocycles. The summed E-state index contributed by atoms with van der Waals surface area (Å²) < 4.78 is 15.9. The van der Waals surface area contributed by atoms with Gasteiger partial charge in [0.15, 0.2) is 0 Å². The number of rotatable bonds is 18. The number of nitrogens with two attached hydrogens (primary N) is 1. The Kier molecular flexibility index (Phi) is 15.2. The first kappa shape index (κ1) is 33.0. The summed E-state index contributed by atoms with van der Waals surface area (Å²) in [6.45, 7) is 9.50. The number of hydrogen-bond donors (Lipinski definition) is 4. The van der Waals surface area contributed by atoms with Crippen LogP contribution in [0, 0.1) is 0 Å². The van der Waals surface area contributed by atoms with E-state index >= 15 is 0 Å². The smallest absolute Gasteiger partial charge is 0.305 e. The molecule has 214 valence electrons. The van der Waals surface area contributed by atoms with Gasteiger partial charge >= 0.3 is 5.97 Å². The lowest BCUT2D eigenvalue weighted by Gasteiger charge is -2.27. The van der Waals surface area contributed by atoms with Gasteiger partial charge in [-0.3, -0.25) is 19.2 Å². The fourth-order valence-corrected chi connectivity index (χ4v) is 3.24. The van der Waals surface area contributed by atoms with Gasteiger partial charge in [0.25, 0.3) is 0 Å². The van der Waals surface area contributed by atoms with E-state index in [2.05, 4.69) is 16.0 Å². The lowest BCUT2D eigenvalue weighted by Crippen LogP contribution is -2.49. The van der Waals surface area contributed by atoms with Crippen LogP contribution in [0.2, 0.25) is 0 Å². The topological polar surface area (TPSA) is 158 Å². The Morgan fingerprint density at radius 2 is 1.66 bits per heavy atom. The summed E-state index contributed by atoms with van der Waals surface area (Å²) in [6.07, 6.45) is 2.09.